The molecule has 0 saturated heterocycles. The van der Waals surface area contributed by atoms with Gasteiger partial charge in [0.05, 0.1) is 25.3 Å². The predicted molar refractivity (Wildman–Crippen MR) is 64.4 cm³/mol. The number of aromatic nitrogens is 1. The summed E-state index contributed by atoms with van der Waals surface area (Å²) in [6.07, 6.45) is 0. The van der Waals surface area contributed by atoms with E-state index in [1.165, 1.54) is 14.2 Å². The Labute approximate surface area is 103 Å². The molecule has 0 radical (unpaired) electrons. The van der Waals surface area contributed by atoms with Gasteiger partial charge >= 0.3 is 11.9 Å². The van der Waals surface area contributed by atoms with Crippen LogP contribution in [-0.2, 0) is 9.47 Å². The third-order valence-electron chi connectivity index (χ3n) is 2.52. The summed E-state index contributed by atoms with van der Waals surface area (Å²) in [6, 6.07) is 8.39. The third kappa shape index (κ3) is 2.02. The molecular formula is C13H11NO4. The molecule has 0 aliphatic rings. The number of methoxy groups -OCH3 is 2. The number of ether oxygens (including phenoxy) is 2. The van der Waals surface area contributed by atoms with E-state index in [1.807, 2.05) is 0 Å². The first kappa shape index (κ1) is 12.0. The number of carbonyl (C=O) groups is 2. The van der Waals surface area contributed by atoms with Gasteiger partial charge in [-0.1, -0.05) is 18.2 Å². The van der Waals surface area contributed by atoms with Crippen LogP contribution >= 0.6 is 0 Å². The Balaban J connectivity index is 2.65. The number of nitrogens with zero attached hydrogens (tertiary/aromatic N) is 1. The van der Waals surface area contributed by atoms with Crippen molar-refractivity contribution >= 4 is 22.8 Å². The predicted octanol–water partition coefficient (Wildman–Crippen LogP) is 1.81. The zero-order chi connectivity index (χ0) is 13.1. The van der Waals surface area contributed by atoms with Crippen LogP contribution in [0.15, 0.2) is 30.3 Å². The highest BCUT2D eigenvalue weighted by Crippen LogP contribution is 2.18. The minimum atomic E-state index is -0.545. The summed E-state index contributed by atoms with van der Waals surface area (Å²) in [5.74, 6) is -1.04. The molecular weight excluding hydrogens is 234 g/mol. The van der Waals surface area contributed by atoms with E-state index in [4.69, 9.17) is 0 Å². The van der Waals surface area contributed by atoms with Crippen LogP contribution < -0.4 is 0 Å². The van der Waals surface area contributed by atoms with E-state index >= 15 is 0 Å². The Morgan fingerprint density at radius 2 is 1.72 bits per heavy atom. The molecule has 2 rings (SSSR count). The van der Waals surface area contributed by atoms with Crippen LogP contribution in [0.25, 0.3) is 10.9 Å². The summed E-state index contributed by atoms with van der Waals surface area (Å²) in [5, 5.41) is 0.755. The van der Waals surface area contributed by atoms with Gasteiger partial charge in [-0.15, -0.1) is 0 Å². The van der Waals surface area contributed by atoms with Crippen molar-refractivity contribution in [1.82, 2.24) is 4.98 Å². The summed E-state index contributed by atoms with van der Waals surface area (Å²) in [4.78, 5) is 27.1. The zero-order valence-electron chi connectivity index (χ0n) is 9.97. The number of carbonyl (C=O) groups excluding carboxylic acids is 2. The third-order valence-corrected chi connectivity index (χ3v) is 2.52. The lowest BCUT2D eigenvalue weighted by Crippen LogP contribution is -2.07. The molecule has 1 aromatic heterocycles. The van der Waals surface area contributed by atoms with Gasteiger partial charge < -0.3 is 9.47 Å². The Kier molecular flexibility index (Phi) is 3.23. The number of para-hydroxylation sites is 1. The largest absolute Gasteiger partial charge is 0.465 e. The van der Waals surface area contributed by atoms with Crippen LogP contribution in [0.5, 0.6) is 0 Å². The van der Waals surface area contributed by atoms with Crippen molar-refractivity contribution in [2.75, 3.05) is 14.2 Å². The average Bonchev–Trinajstić information content (AvgIpc) is 2.44. The fourth-order valence-corrected chi connectivity index (χ4v) is 1.64. The van der Waals surface area contributed by atoms with E-state index in [0.29, 0.717) is 11.1 Å². The molecule has 1 aromatic carbocycles. The first-order valence-corrected chi connectivity index (χ1v) is 5.23. The van der Waals surface area contributed by atoms with Gasteiger partial charge in [0.25, 0.3) is 0 Å². The fraction of sp³-hybridized carbons (Fsp3) is 0.154. The maximum Gasteiger partial charge on any atom is 0.356 e. The van der Waals surface area contributed by atoms with Crippen molar-refractivity contribution in [3.8, 4) is 0 Å². The molecule has 0 saturated carbocycles. The van der Waals surface area contributed by atoms with Gasteiger partial charge in [-0.3, -0.25) is 0 Å². The number of benzene rings is 1. The number of hydrogen-bond donors (Lipinski definition) is 0. The fourth-order valence-electron chi connectivity index (χ4n) is 1.64. The van der Waals surface area contributed by atoms with Crippen LogP contribution in [-0.4, -0.2) is 31.1 Å². The van der Waals surface area contributed by atoms with Crippen LogP contribution in [0.4, 0.5) is 0 Å². The molecule has 0 bridgehead atoms. The molecule has 0 amide bonds. The summed E-state index contributed by atoms with van der Waals surface area (Å²) in [7, 11) is 2.58. The van der Waals surface area contributed by atoms with E-state index < -0.39 is 11.9 Å². The van der Waals surface area contributed by atoms with Crippen molar-refractivity contribution in [1.29, 1.82) is 0 Å². The van der Waals surface area contributed by atoms with Crippen molar-refractivity contribution in [3.63, 3.8) is 0 Å². The van der Waals surface area contributed by atoms with Crippen LogP contribution in [0.3, 0.4) is 0 Å². The lowest BCUT2D eigenvalue weighted by Gasteiger charge is -2.05. The van der Waals surface area contributed by atoms with Gasteiger partial charge in [0.2, 0.25) is 0 Å². The molecule has 1 heterocycles. The smallest absolute Gasteiger partial charge is 0.356 e. The number of hydrogen-bond acceptors (Lipinski definition) is 5. The molecule has 18 heavy (non-hydrogen) atoms. The molecule has 0 unspecified atom stereocenters. The number of fused-ring (bicyclic) bond motifs is 1. The molecule has 0 aliphatic carbocycles. The van der Waals surface area contributed by atoms with E-state index in [9.17, 15) is 9.59 Å². The zero-order valence-corrected chi connectivity index (χ0v) is 9.97. The van der Waals surface area contributed by atoms with Gasteiger partial charge in [0.15, 0.2) is 0 Å². The average molecular weight is 245 g/mol. The first-order valence-electron chi connectivity index (χ1n) is 5.23. The molecule has 0 N–H and O–H groups in total. The maximum absolute atomic E-state index is 11.6. The molecule has 0 atom stereocenters. The van der Waals surface area contributed by atoms with E-state index in [1.54, 1.807) is 30.3 Å². The lowest BCUT2D eigenvalue weighted by atomic mass is 10.1. The highest BCUT2D eigenvalue weighted by atomic mass is 16.5. The van der Waals surface area contributed by atoms with E-state index in [2.05, 4.69) is 14.5 Å². The van der Waals surface area contributed by atoms with Gasteiger partial charge in [-0.05, 0) is 12.1 Å². The topological polar surface area (TPSA) is 65.5 Å². The second-order valence-corrected chi connectivity index (χ2v) is 3.56. The summed E-state index contributed by atoms with van der Waals surface area (Å²) < 4.78 is 9.27. The minimum absolute atomic E-state index is 0.154. The quantitative estimate of drug-likeness (QED) is 0.755. The van der Waals surface area contributed by atoms with Crippen molar-refractivity contribution in [3.05, 3.63) is 41.6 Å². The van der Waals surface area contributed by atoms with Crippen LogP contribution in [0.1, 0.15) is 20.8 Å². The normalized spacial score (nSPS) is 10.1. The molecule has 5 nitrogen and oxygen atoms in total. The second-order valence-electron chi connectivity index (χ2n) is 3.56. The number of pyridine rings is 1. The van der Waals surface area contributed by atoms with Gasteiger partial charge in [0, 0.05) is 5.39 Å². The van der Waals surface area contributed by atoms with Crippen molar-refractivity contribution < 1.29 is 19.1 Å². The van der Waals surface area contributed by atoms with E-state index in [0.717, 1.165) is 5.39 Å². The first-order chi connectivity index (χ1) is 8.67. The second kappa shape index (κ2) is 4.83. The Bertz CT molecular complexity index is 621. The van der Waals surface area contributed by atoms with Crippen molar-refractivity contribution in [2.45, 2.75) is 0 Å². The highest BCUT2D eigenvalue weighted by Gasteiger charge is 2.14. The molecule has 5 heteroatoms. The Morgan fingerprint density at radius 3 is 2.39 bits per heavy atom. The van der Waals surface area contributed by atoms with Gasteiger partial charge in [-0.2, -0.15) is 0 Å². The SMILES string of the molecule is COC(=O)c1ccc2cccc(C(=O)OC)c2n1. The lowest BCUT2D eigenvalue weighted by molar-refractivity contribution is 0.0585. The summed E-state index contributed by atoms with van der Waals surface area (Å²) >= 11 is 0. The molecule has 0 spiro atoms. The standard InChI is InChI=1S/C13H11NO4/c1-17-12(15)9-5-3-4-8-6-7-10(13(16)18-2)14-11(8)9/h3-7H,1-2H3. The monoisotopic (exact) mass is 245 g/mol. The molecule has 0 aliphatic heterocycles. The van der Waals surface area contributed by atoms with E-state index in [-0.39, 0.29) is 5.69 Å². The van der Waals surface area contributed by atoms with Gasteiger partial charge in [0.1, 0.15) is 5.69 Å². The maximum atomic E-state index is 11.6. The molecule has 92 valence electrons. The number of esters is 2. The number of rotatable bonds is 2. The van der Waals surface area contributed by atoms with Crippen molar-refractivity contribution in [2.24, 2.45) is 0 Å². The Morgan fingerprint density at radius 1 is 1.00 bits per heavy atom. The minimum Gasteiger partial charge on any atom is -0.465 e. The molecule has 0 fully saturated rings. The van der Waals surface area contributed by atoms with Crippen LogP contribution in [0, 0.1) is 0 Å². The summed E-state index contributed by atoms with van der Waals surface area (Å²) in [5.41, 5.74) is 0.898. The Hall–Kier alpha value is -2.43. The summed E-state index contributed by atoms with van der Waals surface area (Å²) in [6.45, 7) is 0. The van der Waals surface area contributed by atoms with Gasteiger partial charge in [-0.25, -0.2) is 14.6 Å². The highest BCUT2D eigenvalue weighted by molar-refractivity contribution is 6.03. The molecule has 2 aromatic rings. The van der Waals surface area contributed by atoms with Crippen LogP contribution in [0.2, 0.25) is 0 Å².